The molecule has 1 amide bonds. The van der Waals surface area contributed by atoms with Gasteiger partial charge in [0.05, 0.1) is 0 Å². The van der Waals surface area contributed by atoms with Crippen molar-refractivity contribution < 1.29 is 4.79 Å². The molecular formula is C16H24N2O. The molecule has 0 spiro atoms. The molecule has 1 aliphatic rings. The maximum absolute atomic E-state index is 12.2. The van der Waals surface area contributed by atoms with Crippen LogP contribution in [0.15, 0.2) is 18.2 Å². The standard InChI is InChI=1S/C16H24N2O/c1-3-12-5-4-6-14(10-12)18-16(19)13-7-8-15(17)11(2)9-13/h7-9,12,14H,3-6,10,17H2,1-2H3,(H,18,19). The van der Waals surface area contributed by atoms with Crippen LogP contribution >= 0.6 is 0 Å². The Balaban J connectivity index is 1.98. The summed E-state index contributed by atoms with van der Waals surface area (Å²) in [6.07, 6.45) is 5.98. The fraction of sp³-hybridized carbons (Fsp3) is 0.562. The zero-order valence-corrected chi connectivity index (χ0v) is 11.9. The van der Waals surface area contributed by atoms with Gasteiger partial charge in [-0.1, -0.05) is 26.2 Å². The molecule has 1 fully saturated rings. The maximum Gasteiger partial charge on any atom is 0.251 e. The second kappa shape index (κ2) is 6.09. The van der Waals surface area contributed by atoms with Gasteiger partial charge in [0, 0.05) is 17.3 Å². The molecule has 0 aliphatic heterocycles. The van der Waals surface area contributed by atoms with Crippen LogP contribution in [0.25, 0.3) is 0 Å². The third kappa shape index (κ3) is 3.49. The number of hydrogen-bond donors (Lipinski definition) is 2. The number of hydrogen-bond acceptors (Lipinski definition) is 2. The first-order valence-electron chi connectivity index (χ1n) is 7.27. The zero-order chi connectivity index (χ0) is 13.8. The number of carbonyl (C=O) groups excluding carboxylic acids is 1. The van der Waals surface area contributed by atoms with Gasteiger partial charge in [-0.25, -0.2) is 0 Å². The first-order valence-corrected chi connectivity index (χ1v) is 7.27. The number of nitrogens with one attached hydrogen (secondary N) is 1. The largest absolute Gasteiger partial charge is 0.399 e. The quantitative estimate of drug-likeness (QED) is 0.819. The fourth-order valence-electron chi connectivity index (χ4n) is 2.88. The van der Waals surface area contributed by atoms with E-state index in [9.17, 15) is 4.79 Å². The third-order valence-electron chi connectivity index (χ3n) is 4.23. The fourth-order valence-corrected chi connectivity index (χ4v) is 2.88. The van der Waals surface area contributed by atoms with Crippen molar-refractivity contribution in [2.24, 2.45) is 5.92 Å². The minimum absolute atomic E-state index is 0.0323. The van der Waals surface area contributed by atoms with Crippen LogP contribution in [0.5, 0.6) is 0 Å². The molecule has 1 saturated carbocycles. The number of aryl methyl sites for hydroxylation is 1. The van der Waals surface area contributed by atoms with Gasteiger partial charge in [-0.05, 0) is 49.4 Å². The van der Waals surface area contributed by atoms with Gasteiger partial charge in [0.1, 0.15) is 0 Å². The summed E-state index contributed by atoms with van der Waals surface area (Å²) in [6.45, 7) is 4.16. The second-order valence-corrected chi connectivity index (χ2v) is 5.68. The molecule has 1 aliphatic carbocycles. The summed E-state index contributed by atoms with van der Waals surface area (Å²) in [7, 11) is 0. The molecule has 0 heterocycles. The predicted octanol–water partition coefficient (Wildman–Crippen LogP) is 3.28. The molecule has 19 heavy (non-hydrogen) atoms. The van der Waals surface area contributed by atoms with E-state index in [4.69, 9.17) is 5.73 Å². The number of amides is 1. The summed E-state index contributed by atoms with van der Waals surface area (Å²) in [5.41, 5.74) is 8.19. The average molecular weight is 260 g/mol. The highest BCUT2D eigenvalue weighted by Gasteiger charge is 2.22. The van der Waals surface area contributed by atoms with Gasteiger partial charge in [0.2, 0.25) is 0 Å². The highest BCUT2D eigenvalue weighted by Crippen LogP contribution is 2.26. The number of nitrogens with two attached hydrogens (primary N) is 1. The maximum atomic E-state index is 12.2. The van der Waals surface area contributed by atoms with Gasteiger partial charge < -0.3 is 11.1 Å². The summed E-state index contributed by atoms with van der Waals surface area (Å²) in [4.78, 5) is 12.2. The summed E-state index contributed by atoms with van der Waals surface area (Å²) in [5.74, 6) is 0.803. The Bertz CT molecular complexity index is 456. The summed E-state index contributed by atoms with van der Waals surface area (Å²) in [6, 6.07) is 5.81. The number of carbonyl (C=O) groups is 1. The smallest absolute Gasteiger partial charge is 0.251 e. The second-order valence-electron chi connectivity index (χ2n) is 5.68. The Morgan fingerprint density at radius 2 is 2.21 bits per heavy atom. The molecule has 0 saturated heterocycles. The van der Waals surface area contributed by atoms with Crippen molar-refractivity contribution in [3.8, 4) is 0 Å². The molecule has 1 aromatic carbocycles. The van der Waals surface area contributed by atoms with Crippen LogP contribution in [0.3, 0.4) is 0 Å². The van der Waals surface area contributed by atoms with E-state index in [1.165, 1.54) is 19.3 Å². The van der Waals surface area contributed by atoms with E-state index in [1.807, 2.05) is 13.0 Å². The lowest BCUT2D eigenvalue weighted by Gasteiger charge is -2.29. The third-order valence-corrected chi connectivity index (χ3v) is 4.23. The molecule has 0 radical (unpaired) electrons. The lowest BCUT2D eigenvalue weighted by Crippen LogP contribution is -2.38. The van der Waals surface area contributed by atoms with Gasteiger partial charge in [0.15, 0.2) is 0 Å². The van der Waals surface area contributed by atoms with Crippen LogP contribution in [0.2, 0.25) is 0 Å². The summed E-state index contributed by atoms with van der Waals surface area (Å²) >= 11 is 0. The Morgan fingerprint density at radius 1 is 1.42 bits per heavy atom. The Labute approximate surface area is 115 Å². The average Bonchev–Trinajstić information content (AvgIpc) is 2.42. The van der Waals surface area contributed by atoms with Crippen LogP contribution in [-0.4, -0.2) is 11.9 Å². The van der Waals surface area contributed by atoms with Crippen molar-refractivity contribution in [2.75, 3.05) is 5.73 Å². The lowest BCUT2D eigenvalue weighted by molar-refractivity contribution is 0.0919. The SMILES string of the molecule is CCC1CCCC(NC(=O)c2ccc(N)c(C)c2)C1. The van der Waals surface area contributed by atoms with Gasteiger partial charge in [-0.2, -0.15) is 0 Å². The van der Waals surface area contributed by atoms with Crippen molar-refractivity contribution in [1.29, 1.82) is 0 Å². The van der Waals surface area contributed by atoms with Crippen LogP contribution < -0.4 is 11.1 Å². The first kappa shape index (κ1) is 13.9. The summed E-state index contributed by atoms with van der Waals surface area (Å²) in [5, 5.41) is 3.17. The van der Waals surface area contributed by atoms with Crippen molar-refractivity contribution in [2.45, 2.75) is 52.0 Å². The van der Waals surface area contributed by atoms with Gasteiger partial charge in [0.25, 0.3) is 5.91 Å². The van der Waals surface area contributed by atoms with E-state index in [0.29, 0.717) is 11.6 Å². The van der Waals surface area contributed by atoms with Crippen LogP contribution in [0.4, 0.5) is 5.69 Å². The number of rotatable bonds is 3. The zero-order valence-electron chi connectivity index (χ0n) is 11.9. The minimum atomic E-state index is 0.0323. The number of benzene rings is 1. The van der Waals surface area contributed by atoms with Crippen molar-refractivity contribution >= 4 is 11.6 Å². The molecular weight excluding hydrogens is 236 g/mol. The summed E-state index contributed by atoms with van der Waals surface area (Å²) < 4.78 is 0. The normalized spacial score (nSPS) is 23.1. The highest BCUT2D eigenvalue weighted by molar-refractivity contribution is 5.95. The molecule has 0 bridgehead atoms. The molecule has 3 nitrogen and oxygen atoms in total. The first-order chi connectivity index (χ1) is 9.10. The van der Waals surface area contributed by atoms with Crippen molar-refractivity contribution in [1.82, 2.24) is 5.32 Å². The Morgan fingerprint density at radius 3 is 2.89 bits per heavy atom. The van der Waals surface area contributed by atoms with Crippen molar-refractivity contribution in [3.05, 3.63) is 29.3 Å². The highest BCUT2D eigenvalue weighted by atomic mass is 16.1. The van der Waals surface area contributed by atoms with Crippen LogP contribution in [0, 0.1) is 12.8 Å². The van der Waals surface area contributed by atoms with Gasteiger partial charge in [-0.3, -0.25) is 4.79 Å². The van der Waals surface area contributed by atoms with E-state index < -0.39 is 0 Å². The Kier molecular flexibility index (Phi) is 4.46. The molecule has 104 valence electrons. The molecule has 3 N–H and O–H groups in total. The topological polar surface area (TPSA) is 55.1 Å². The lowest BCUT2D eigenvalue weighted by atomic mass is 9.84. The van der Waals surface area contributed by atoms with E-state index in [2.05, 4.69) is 12.2 Å². The molecule has 1 aromatic rings. The van der Waals surface area contributed by atoms with E-state index in [-0.39, 0.29) is 5.91 Å². The molecule has 3 heteroatoms. The van der Waals surface area contributed by atoms with E-state index >= 15 is 0 Å². The molecule has 2 atom stereocenters. The molecule has 0 aromatic heterocycles. The van der Waals surface area contributed by atoms with Crippen LogP contribution in [-0.2, 0) is 0 Å². The minimum Gasteiger partial charge on any atom is -0.399 e. The molecule has 2 rings (SSSR count). The molecule has 2 unspecified atom stereocenters. The number of nitrogen functional groups attached to an aromatic ring is 1. The monoisotopic (exact) mass is 260 g/mol. The van der Waals surface area contributed by atoms with Gasteiger partial charge in [-0.15, -0.1) is 0 Å². The van der Waals surface area contributed by atoms with Gasteiger partial charge >= 0.3 is 0 Å². The van der Waals surface area contributed by atoms with E-state index in [1.54, 1.807) is 12.1 Å². The predicted molar refractivity (Wildman–Crippen MR) is 79.1 cm³/mol. The van der Waals surface area contributed by atoms with E-state index in [0.717, 1.165) is 30.0 Å². The Hall–Kier alpha value is -1.51. The van der Waals surface area contributed by atoms with Crippen molar-refractivity contribution in [3.63, 3.8) is 0 Å². The number of anilines is 1. The van der Waals surface area contributed by atoms with Crippen LogP contribution in [0.1, 0.15) is 54.9 Å².